The van der Waals surface area contributed by atoms with E-state index in [0.717, 1.165) is 11.8 Å². The van der Waals surface area contributed by atoms with Crippen molar-refractivity contribution in [1.29, 1.82) is 0 Å². The van der Waals surface area contributed by atoms with Crippen LogP contribution < -0.4 is 5.30 Å². The summed E-state index contributed by atoms with van der Waals surface area (Å²) in [7, 11) is -2.36. The van der Waals surface area contributed by atoms with E-state index in [1.165, 1.54) is 0 Å². The summed E-state index contributed by atoms with van der Waals surface area (Å²) in [5, 5.41) is 0.665. The van der Waals surface area contributed by atoms with Gasteiger partial charge >= 0.3 is 0 Å². The Labute approximate surface area is 105 Å². The van der Waals surface area contributed by atoms with Gasteiger partial charge in [-0.25, -0.2) is 0 Å². The number of allylic oxidation sites excluding steroid dienone is 1. The van der Waals surface area contributed by atoms with Crippen LogP contribution in [-0.4, -0.2) is 0 Å². The van der Waals surface area contributed by atoms with Crippen LogP contribution in [0.2, 0.25) is 0 Å². The molecule has 0 heterocycles. The molecular weight excluding hydrogens is 266 g/mol. The highest BCUT2D eigenvalue weighted by Gasteiger charge is 2.07. The minimum atomic E-state index is -2.36. The highest BCUT2D eigenvalue weighted by molar-refractivity contribution is 7.48. The molecule has 0 fully saturated rings. The van der Waals surface area contributed by atoms with E-state index < -0.39 is 8.03 Å². The molecule has 16 heavy (non-hydrogen) atoms. The van der Waals surface area contributed by atoms with Crippen molar-refractivity contribution in [2.24, 2.45) is 0 Å². The lowest BCUT2D eigenvalue weighted by molar-refractivity contribution is 0.472. The molecule has 86 valence electrons. The fraction of sp³-hybridized carbons (Fsp3) is 0.0909. The molecule has 0 radical (unpaired) electrons. The van der Waals surface area contributed by atoms with Gasteiger partial charge in [-0.1, -0.05) is 47.5 Å². The lowest BCUT2D eigenvalue weighted by Gasteiger charge is -2.06. The summed E-state index contributed by atoms with van der Waals surface area (Å²) in [6, 6.07) is 7.33. The molecule has 1 unspecified atom stereocenters. The molecular formula is C11H11Cl2O2P. The van der Waals surface area contributed by atoms with Gasteiger partial charge in [0.25, 0.3) is 8.03 Å². The molecule has 1 aromatic carbocycles. The smallest absolute Gasteiger partial charge is 0.265 e. The number of hydrogen-bond donors (Lipinski definition) is 0. The van der Waals surface area contributed by atoms with Gasteiger partial charge in [0.1, 0.15) is 10.8 Å². The normalized spacial score (nSPS) is 11.6. The Hall–Kier alpha value is -0.690. The van der Waals surface area contributed by atoms with Gasteiger partial charge in [-0.15, -0.1) is 6.58 Å². The van der Waals surface area contributed by atoms with Crippen molar-refractivity contribution in [1.82, 2.24) is 0 Å². The largest absolute Gasteiger partial charge is 0.447 e. The highest BCUT2D eigenvalue weighted by atomic mass is 35.5. The standard InChI is InChI=1S/C11H11Cl2O2P/c1-2-5-9-6-3-4-7-10(9)16(14)15-8-11(12)13/h2-4,6-8,16H,1,5H2. The van der Waals surface area contributed by atoms with Gasteiger partial charge in [0.15, 0.2) is 0 Å². The van der Waals surface area contributed by atoms with Crippen molar-refractivity contribution in [3.05, 3.63) is 53.2 Å². The van der Waals surface area contributed by atoms with Crippen molar-refractivity contribution in [2.45, 2.75) is 6.42 Å². The zero-order valence-electron chi connectivity index (χ0n) is 8.45. The molecule has 1 atom stereocenters. The summed E-state index contributed by atoms with van der Waals surface area (Å²) in [5.41, 5.74) is 0.931. The first-order chi connectivity index (χ1) is 7.65. The van der Waals surface area contributed by atoms with E-state index in [-0.39, 0.29) is 4.49 Å². The second kappa shape index (κ2) is 6.80. The van der Waals surface area contributed by atoms with Crippen LogP contribution in [0.15, 0.2) is 47.7 Å². The van der Waals surface area contributed by atoms with Crippen LogP contribution in [0.4, 0.5) is 0 Å². The van der Waals surface area contributed by atoms with Crippen LogP contribution in [0.25, 0.3) is 0 Å². The Morgan fingerprint density at radius 3 is 2.75 bits per heavy atom. The second-order valence-electron chi connectivity index (χ2n) is 2.96. The summed E-state index contributed by atoms with van der Waals surface area (Å²) in [5.74, 6) is 0. The summed E-state index contributed by atoms with van der Waals surface area (Å²) in [6.07, 6.45) is 3.47. The van der Waals surface area contributed by atoms with Crippen LogP contribution in [-0.2, 0) is 15.5 Å². The molecule has 0 saturated heterocycles. The van der Waals surface area contributed by atoms with Gasteiger partial charge in [-0.3, -0.25) is 4.57 Å². The van der Waals surface area contributed by atoms with E-state index in [1.54, 1.807) is 18.2 Å². The molecule has 0 N–H and O–H groups in total. The molecule has 1 rings (SSSR count). The Balaban J connectivity index is 2.89. The monoisotopic (exact) mass is 276 g/mol. The minimum Gasteiger partial charge on any atom is -0.447 e. The molecule has 0 aliphatic heterocycles. The van der Waals surface area contributed by atoms with Crippen LogP contribution in [0.3, 0.4) is 0 Å². The maximum Gasteiger partial charge on any atom is 0.265 e. The van der Waals surface area contributed by atoms with E-state index in [9.17, 15) is 4.57 Å². The SMILES string of the molecule is C=CCc1ccccc1[PH](=O)OC=C(Cl)Cl. The molecule has 2 nitrogen and oxygen atoms in total. The summed E-state index contributed by atoms with van der Waals surface area (Å²) < 4.78 is 16.7. The summed E-state index contributed by atoms with van der Waals surface area (Å²) in [6.45, 7) is 3.64. The Kier molecular flexibility index (Phi) is 5.68. The van der Waals surface area contributed by atoms with Crippen LogP contribution in [0, 0.1) is 0 Å². The first-order valence-corrected chi connectivity index (χ1v) is 6.63. The Morgan fingerprint density at radius 2 is 2.12 bits per heavy atom. The molecule has 0 aromatic heterocycles. The number of benzene rings is 1. The topological polar surface area (TPSA) is 26.3 Å². The zero-order valence-corrected chi connectivity index (χ0v) is 11.0. The zero-order chi connectivity index (χ0) is 12.0. The van der Waals surface area contributed by atoms with Crippen LogP contribution in [0.5, 0.6) is 0 Å². The number of hydrogen-bond acceptors (Lipinski definition) is 2. The van der Waals surface area contributed by atoms with Crippen molar-refractivity contribution in [3.63, 3.8) is 0 Å². The molecule has 0 spiro atoms. The third kappa shape index (κ3) is 4.05. The lowest BCUT2D eigenvalue weighted by atomic mass is 10.1. The highest BCUT2D eigenvalue weighted by Crippen LogP contribution is 2.26. The fourth-order valence-electron chi connectivity index (χ4n) is 1.21. The van der Waals surface area contributed by atoms with E-state index >= 15 is 0 Å². The molecule has 5 heteroatoms. The van der Waals surface area contributed by atoms with Crippen molar-refractivity contribution >= 4 is 36.5 Å². The Morgan fingerprint density at radius 1 is 1.44 bits per heavy atom. The molecule has 0 aliphatic rings. The van der Waals surface area contributed by atoms with Gasteiger partial charge < -0.3 is 4.52 Å². The Bertz CT molecular complexity index is 426. The van der Waals surface area contributed by atoms with Crippen LogP contribution >= 0.6 is 31.2 Å². The van der Waals surface area contributed by atoms with Gasteiger partial charge in [-0.2, -0.15) is 0 Å². The second-order valence-corrected chi connectivity index (χ2v) is 5.32. The third-order valence-electron chi connectivity index (χ3n) is 1.86. The van der Waals surface area contributed by atoms with Gasteiger partial charge in [0, 0.05) is 5.30 Å². The molecule has 0 aliphatic carbocycles. The van der Waals surface area contributed by atoms with Crippen LogP contribution in [0.1, 0.15) is 5.56 Å². The summed E-state index contributed by atoms with van der Waals surface area (Å²) in [4.78, 5) is 0. The number of rotatable bonds is 5. The van der Waals surface area contributed by atoms with E-state index in [2.05, 4.69) is 6.58 Å². The predicted molar refractivity (Wildman–Crippen MR) is 69.9 cm³/mol. The lowest BCUT2D eigenvalue weighted by Crippen LogP contribution is -2.04. The maximum absolute atomic E-state index is 11.8. The van der Waals surface area contributed by atoms with E-state index in [4.69, 9.17) is 27.7 Å². The average Bonchev–Trinajstić information content (AvgIpc) is 2.27. The van der Waals surface area contributed by atoms with Crippen molar-refractivity contribution in [2.75, 3.05) is 0 Å². The first-order valence-electron chi connectivity index (χ1n) is 4.56. The fourth-order valence-corrected chi connectivity index (χ4v) is 2.48. The van der Waals surface area contributed by atoms with E-state index in [0.29, 0.717) is 11.7 Å². The van der Waals surface area contributed by atoms with Crippen molar-refractivity contribution < 1.29 is 9.09 Å². The van der Waals surface area contributed by atoms with Gasteiger partial charge in [0.2, 0.25) is 0 Å². The summed E-state index contributed by atoms with van der Waals surface area (Å²) >= 11 is 10.7. The maximum atomic E-state index is 11.8. The quantitative estimate of drug-likeness (QED) is 0.464. The average molecular weight is 277 g/mol. The van der Waals surface area contributed by atoms with E-state index in [1.807, 2.05) is 12.1 Å². The molecule has 1 aromatic rings. The number of halogens is 2. The van der Waals surface area contributed by atoms with Crippen molar-refractivity contribution in [3.8, 4) is 0 Å². The molecule has 0 saturated carbocycles. The first kappa shape index (κ1) is 13.4. The third-order valence-corrected chi connectivity index (χ3v) is 3.29. The molecule has 0 bridgehead atoms. The minimum absolute atomic E-state index is 0.0560. The van der Waals surface area contributed by atoms with Gasteiger partial charge in [-0.05, 0) is 18.1 Å². The molecule has 0 amide bonds. The van der Waals surface area contributed by atoms with Gasteiger partial charge in [0.05, 0.1) is 0 Å². The predicted octanol–water partition coefficient (Wildman–Crippen LogP) is 3.81.